The van der Waals surface area contributed by atoms with Crippen molar-refractivity contribution >= 4 is 54.9 Å². The van der Waals surface area contributed by atoms with Crippen molar-refractivity contribution in [2.45, 2.75) is 51.8 Å². The fraction of sp³-hybridized carbons (Fsp3) is 0.464. The summed E-state index contributed by atoms with van der Waals surface area (Å²) in [4.78, 5) is 29.7. The Balaban J connectivity index is 1.42. The van der Waals surface area contributed by atoms with E-state index in [-0.39, 0.29) is 29.0 Å². The van der Waals surface area contributed by atoms with Gasteiger partial charge in [-0.05, 0) is 67.2 Å². The van der Waals surface area contributed by atoms with Crippen LogP contribution in [0.3, 0.4) is 0 Å². The van der Waals surface area contributed by atoms with Crippen LogP contribution in [0.5, 0.6) is 5.75 Å². The Kier molecular flexibility index (Phi) is 10.3. The first kappa shape index (κ1) is 32.0. The Morgan fingerprint density at radius 2 is 1.95 bits per heavy atom. The molecule has 4 rings (SSSR count). The minimum absolute atomic E-state index is 0.0379. The van der Waals surface area contributed by atoms with Crippen LogP contribution in [0.4, 0.5) is 5.69 Å². The number of ether oxygens (including phenoxy) is 3. The number of aromatic nitrogens is 2. The average Bonchev–Trinajstić information content (AvgIpc) is 3.58. The van der Waals surface area contributed by atoms with E-state index in [1.54, 1.807) is 48.4 Å². The predicted octanol–water partition coefficient (Wildman–Crippen LogP) is 4.79. The van der Waals surface area contributed by atoms with Crippen LogP contribution in [-0.4, -0.2) is 78.4 Å². The summed E-state index contributed by atoms with van der Waals surface area (Å²) in [7, 11) is -2.07. The minimum atomic E-state index is -3.36. The molecule has 3 heterocycles. The van der Waals surface area contributed by atoms with Crippen LogP contribution in [0.2, 0.25) is 0 Å². The second-order valence-electron chi connectivity index (χ2n) is 10.8. The number of benzene rings is 1. The molecule has 0 spiro atoms. The van der Waals surface area contributed by atoms with E-state index in [2.05, 4.69) is 26.2 Å². The van der Waals surface area contributed by atoms with Crippen LogP contribution < -0.4 is 10.1 Å². The van der Waals surface area contributed by atoms with Gasteiger partial charge < -0.3 is 24.1 Å². The maximum atomic E-state index is 12.8. The quantitative estimate of drug-likeness (QED) is 0.284. The molecule has 3 aromatic rings. The molecule has 1 saturated heterocycles. The van der Waals surface area contributed by atoms with Crippen LogP contribution in [0.15, 0.2) is 47.5 Å². The van der Waals surface area contributed by atoms with Gasteiger partial charge in [0.05, 0.1) is 28.5 Å². The first-order valence-electron chi connectivity index (χ1n) is 13.4. The van der Waals surface area contributed by atoms with Gasteiger partial charge in [0.15, 0.2) is 17.2 Å². The van der Waals surface area contributed by atoms with Crippen LogP contribution in [0.25, 0.3) is 10.4 Å². The Hall–Kier alpha value is -2.94. The lowest BCUT2D eigenvalue weighted by Gasteiger charge is -2.32. The molecule has 0 saturated carbocycles. The molecule has 0 atom stereocenters. The molecular weight excluding hydrogens is 648 g/mol. The number of rotatable bonds is 11. The largest absolute Gasteiger partial charge is 0.479 e. The van der Waals surface area contributed by atoms with Gasteiger partial charge in [0, 0.05) is 43.8 Å². The van der Waals surface area contributed by atoms with Gasteiger partial charge in [0.25, 0.3) is 0 Å². The number of methoxy groups -OCH3 is 1. The topological polar surface area (TPSA) is 129 Å². The highest BCUT2D eigenvalue weighted by Gasteiger charge is 2.29. The third-order valence-corrected chi connectivity index (χ3v) is 10.5. The van der Waals surface area contributed by atoms with Gasteiger partial charge in [-0.2, -0.15) is 0 Å². The van der Waals surface area contributed by atoms with Crippen molar-refractivity contribution in [3.8, 4) is 16.2 Å². The molecule has 1 aliphatic heterocycles. The van der Waals surface area contributed by atoms with Gasteiger partial charge in [-0.25, -0.2) is 27.3 Å². The summed E-state index contributed by atoms with van der Waals surface area (Å²) < 4.78 is 45.5. The van der Waals surface area contributed by atoms with Crippen molar-refractivity contribution in [2.75, 3.05) is 37.9 Å². The van der Waals surface area contributed by atoms with Crippen molar-refractivity contribution in [3.63, 3.8) is 0 Å². The van der Waals surface area contributed by atoms with Crippen molar-refractivity contribution in [1.82, 2.24) is 13.9 Å². The van der Waals surface area contributed by atoms with Crippen molar-refractivity contribution < 1.29 is 32.2 Å². The van der Waals surface area contributed by atoms with Gasteiger partial charge in [0.1, 0.15) is 5.60 Å². The van der Waals surface area contributed by atoms with Gasteiger partial charge in [-0.1, -0.05) is 12.1 Å². The van der Waals surface area contributed by atoms with E-state index in [9.17, 15) is 18.0 Å². The van der Waals surface area contributed by atoms with E-state index in [0.29, 0.717) is 36.9 Å². The Morgan fingerprint density at radius 3 is 2.60 bits per heavy atom. The van der Waals surface area contributed by atoms with E-state index in [1.807, 2.05) is 24.3 Å². The number of hydrogen-bond donors (Lipinski definition) is 1. The highest BCUT2D eigenvalue weighted by molar-refractivity contribution is 9.10. The first-order valence-corrected chi connectivity index (χ1v) is 16.6. The number of hydrogen-bond acceptors (Lipinski definition) is 10. The highest BCUT2D eigenvalue weighted by Crippen LogP contribution is 2.46. The number of nitrogens with one attached hydrogen (secondary N) is 1. The number of thiophene rings is 1. The Morgan fingerprint density at radius 1 is 1.21 bits per heavy atom. The molecular formula is C28H35BrN4O7S2. The number of anilines is 1. The molecule has 11 nitrogen and oxygen atoms in total. The Bertz CT molecular complexity index is 1490. The molecule has 2 aromatic heterocycles. The molecule has 0 bridgehead atoms. The fourth-order valence-corrected chi connectivity index (χ4v) is 7.91. The number of carbonyl (C=O) groups excluding carboxylic acids is 2. The van der Waals surface area contributed by atoms with E-state index in [1.165, 1.54) is 18.4 Å². The van der Waals surface area contributed by atoms with Crippen LogP contribution in [-0.2, 0) is 30.8 Å². The maximum absolute atomic E-state index is 12.8. The summed E-state index contributed by atoms with van der Waals surface area (Å²) in [6, 6.07) is 7.82. The van der Waals surface area contributed by atoms with Gasteiger partial charge in [0.2, 0.25) is 10.0 Å². The summed E-state index contributed by atoms with van der Waals surface area (Å²) >= 11 is 4.75. The standard InChI is InChI=1S/C28H35BrN4O7S2/c1-28(2,3)40-22(34)17-39-24-23(29)25(41-26(24)27(35)38-4)19-6-5-7-21(16-19)31-20-8-11-33(12-9-20)42(36,37)15-14-32-13-10-30-18-32/h5-7,10,13,16,18,20,31H,8-9,11-12,14-15,17H2,1-4H3. The molecule has 0 radical (unpaired) electrons. The van der Waals surface area contributed by atoms with Gasteiger partial charge in [-0.3, -0.25) is 0 Å². The van der Waals surface area contributed by atoms with E-state index < -0.39 is 27.6 Å². The molecule has 0 unspecified atom stereocenters. The summed E-state index contributed by atoms with van der Waals surface area (Å²) in [5.41, 5.74) is 1.03. The lowest BCUT2D eigenvalue weighted by atomic mass is 10.1. The summed E-state index contributed by atoms with van der Waals surface area (Å²) in [6.07, 6.45) is 6.34. The molecule has 0 aliphatic carbocycles. The smallest absolute Gasteiger partial charge is 0.351 e. The van der Waals surface area contributed by atoms with E-state index >= 15 is 0 Å². The first-order chi connectivity index (χ1) is 19.9. The predicted molar refractivity (Wildman–Crippen MR) is 164 cm³/mol. The molecule has 42 heavy (non-hydrogen) atoms. The maximum Gasteiger partial charge on any atom is 0.351 e. The normalized spacial score (nSPS) is 14.9. The van der Waals surface area contributed by atoms with Gasteiger partial charge >= 0.3 is 11.9 Å². The number of imidazole rings is 1. The second-order valence-corrected chi connectivity index (χ2v) is 14.7. The molecule has 0 amide bonds. The van der Waals surface area contributed by atoms with Crippen LogP contribution in [0, 0.1) is 0 Å². The number of halogens is 1. The summed E-state index contributed by atoms with van der Waals surface area (Å²) in [6.45, 7) is 6.19. The number of piperidine rings is 1. The monoisotopic (exact) mass is 682 g/mol. The lowest BCUT2D eigenvalue weighted by Crippen LogP contribution is -2.43. The van der Waals surface area contributed by atoms with Crippen molar-refractivity contribution in [1.29, 1.82) is 0 Å². The minimum Gasteiger partial charge on any atom is -0.479 e. The summed E-state index contributed by atoms with van der Waals surface area (Å²) in [5.74, 6) is -0.878. The highest BCUT2D eigenvalue weighted by atomic mass is 79.9. The van der Waals surface area contributed by atoms with Crippen molar-refractivity contribution in [2.24, 2.45) is 0 Å². The molecule has 228 valence electrons. The number of aryl methyl sites for hydroxylation is 1. The summed E-state index contributed by atoms with van der Waals surface area (Å²) in [5, 5.41) is 3.53. The lowest BCUT2D eigenvalue weighted by molar-refractivity contribution is -0.157. The molecule has 14 heteroatoms. The van der Waals surface area contributed by atoms with Crippen molar-refractivity contribution in [3.05, 3.63) is 52.3 Å². The Labute approximate surface area is 258 Å². The zero-order chi connectivity index (χ0) is 30.5. The van der Waals surface area contributed by atoms with E-state index in [4.69, 9.17) is 14.2 Å². The van der Waals surface area contributed by atoms with E-state index in [0.717, 1.165) is 16.1 Å². The third kappa shape index (κ3) is 8.33. The number of carbonyl (C=O) groups is 2. The number of sulfonamides is 1. The average molecular weight is 684 g/mol. The molecule has 1 fully saturated rings. The zero-order valence-electron chi connectivity index (χ0n) is 24.0. The SMILES string of the molecule is COC(=O)c1sc(-c2cccc(NC3CCN(S(=O)(=O)CCn4ccnc4)CC3)c2)c(Br)c1OCC(=O)OC(C)(C)C. The molecule has 1 N–H and O–H groups in total. The van der Waals surface area contributed by atoms with Gasteiger partial charge in [-0.15, -0.1) is 11.3 Å². The van der Waals surface area contributed by atoms with Crippen LogP contribution in [0.1, 0.15) is 43.3 Å². The van der Waals surface area contributed by atoms with Crippen LogP contribution >= 0.6 is 27.3 Å². The zero-order valence-corrected chi connectivity index (χ0v) is 27.2. The number of nitrogens with zero attached hydrogens (tertiary/aromatic N) is 3. The molecule has 1 aliphatic rings. The third-order valence-electron chi connectivity index (χ3n) is 6.44. The second kappa shape index (κ2) is 13.6. The molecule has 1 aromatic carbocycles. The fourth-order valence-electron chi connectivity index (χ4n) is 4.47. The number of esters is 2.